The number of likely N-dealkylation sites (tertiary alicyclic amines) is 1. The molecule has 1 aliphatic heterocycles. The Kier molecular flexibility index (Phi) is 30.4. The van der Waals surface area contributed by atoms with Gasteiger partial charge in [0.25, 0.3) is 0 Å². The smallest absolute Gasteiger partial charge is 0.330 e. The van der Waals surface area contributed by atoms with Gasteiger partial charge in [-0.15, -0.1) is 0 Å². The SMILES string of the molecule is CCC(C)[C@H](NC(=O)[C@@H](CC(=O)[C@H](CC(C)C)NC(=O)[C@H](CO)CC(=O)[C@H](CC/C=C/C(=O)OC)NC(=O)CCC(=O)[C@@H]1CCCN1C(=O)CCC(=O)[C@H](CC(C)C)NC(C)=O)C(C)C)C(=O)CCC(=O)OC. The normalized spacial score (nSPS) is 16.4. The maximum Gasteiger partial charge on any atom is 0.330 e. The van der Waals surface area contributed by atoms with E-state index in [1.165, 1.54) is 32.1 Å². The average molecular weight is 1030 g/mol. The summed E-state index contributed by atoms with van der Waals surface area (Å²) >= 11 is 0. The zero-order valence-electron chi connectivity index (χ0n) is 45.1. The molecule has 1 fully saturated rings. The number of esters is 2. The molecule has 1 heterocycles. The number of Topliss-reactive ketones (excluding diaryl/α,β-unsaturated/α-hetero) is 5. The van der Waals surface area contributed by atoms with Crippen LogP contribution in [0.25, 0.3) is 0 Å². The van der Waals surface area contributed by atoms with E-state index < -0.39 is 102 Å². The zero-order chi connectivity index (χ0) is 55.5. The number of aliphatic hydroxyl groups is 1. The summed E-state index contributed by atoms with van der Waals surface area (Å²) in [4.78, 5) is 158. The average Bonchev–Trinajstić information content (AvgIpc) is 3.84. The highest BCUT2D eigenvalue weighted by molar-refractivity contribution is 5.98. The third-order valence-electron chi connectivity index (χ3n) is 13.1. The highest BCUT2D eigenvalue weighted by Gasteiger charge is 2.37. The molecule has 20 nitrogen and oxygen atoms in total. The lowest BCUT2D eigenvalue weighted by molar-refractivity contribution is -0.142. The second-order valence-electron chi connectivity index (χ2n) is 20.4. The predicted octanol–water partition coefficient (Wildman–Crippen LogP) is 3.60. The number of carbonyl (C=O) groups is 12. The van der Waals surface area contributed by atoms with Crippen LogP contribution in [0.2, 0.25) is 0 Å². The topological polar surface area (TPSA) is 295 Å². The van der Waals surface area contributed by atoms with Gasteiger partial charge >= 0.3 is 11.9 Å². The molecule has 5 N–H and O–H groups in total. The van der Waals surface area contributed by atoms with E-state index in [4.69, 9.17) is 0 Å². The summed E-state index contributed by atoms with van der Waals surface area (Å²) in [6, 6.07) is -4.83. The number of nitrogens with zero attached hydrogens (tertiary/aromatic N) is 1. The molecule has 0 bridgehead atoms. The molecule has 412 valence electrons. The van der Waals surface area contributed by atoms with Gasteiger partial charge in [0.15, 0.2) is 28.9 Å². The fourth-order valence-corrected chi connectivity index (χ4v) is 8.60. The molecule has 20 heteroatoms. The van der Waals surface area contributed by atoms with Crippen LogP contribution in [0, 0.1) is 35.5 Å². The maximum absolute atomic E-state index is 14.0. The van der Waals surface area contributed by atoms with E-state index in [0.717, 1.165) is 6.08 Å². The van der Waals surface area contributed by atoms with E-state index in [2.05, 4.69) is 30.7 Å². The van der Waals surface area contributed by atoms with Crippen LogP contribution in [0.5, 0.6) is 0 Å². The van der Waals surface area contributed by atoms with E-state index in [1.54, 1.807) is 20.8 Å². The van der Waals surface area contributed by atoms with Gasteiger partial charge in [0.2, 0.25) is 29.5 Å². The maximum atomic E-state index is 14.0. The van der Waals surface area contributed by atoms with Crippen molar-refractivity contribution >= 4 is 70.4 Å². The lowest BCUT2D eigenvalue weighted by atomic mass is 9.85. The molecule has 0 aliphatic carbocycles. The summed E-state index contributed by atoms with van der Waals surface area (Å²) < 4.78 is 9.28. The molecule has 1 unspecified atom stereocenters. The molecule has 1 aliphatic rings. The minimum Gasteiger partial charge on any atom is -0.469 e. The van der Waals surface area contributed by atoms with Crippen molar-refractivity contribution in [1.82, 2.24) is 26.2 Å². The minimum absolute atomic E-state index is 0.0444. The number of allylic oxidation sites excluding steroid dienone is 1. The third-order valence-corrected chi connectivity index (χ3v) is 13.1. The summed E-state index contributed by atoms with van der Waals surface area (Å²) in [5.41, 5.74) is 0. The van der Waals surface area contributed by atoms with Crippen LogP contribution in [0.4, 0.5) is 0 Å². The van der Waals surface area contributed by atoms with Crippen LogP contribution < -0.4 is 21.3 Å². The van der Waals surface area contributed by atoms with Crippen LogP contribution in [0.15, 0.2) is 12.2 Å². The van der Waals surface area contributed by atoms with Crippen LogP contribution >= 0.6 is 0 Å². The van der Waals surface area contributed by atoms with Gasteiger partial charge in [-0.1, -0.05) is 67.9 Å². The van der Waals surface area contributed by atoms with Gasteiger partial charge in [0.1, 0.15) is 0 Å². The van der Waals surface area contributed by atoms with Crippen molar-refractivity contribution < 1.29 is 72.1 Å². The lowest BCUT2D eigenvalue weighted by Gasteiger charge is -2.29. The Morgan fingerprint density at radius 3 is 1.82 bits per heavy atom. The van der Waals surface area contributed by atoms with E-state index in [1.807, 2.05) is 34.6 Å². The number of ether oxygens (including phenoxy) is 2. The van der Waals surface area contributed by atoms with Crippen molar-refractivity contribution in [3.05, 3.63) is 12.2 Å². The number of rotatable bonds is 36. The molecule has 0 aromatic rings. The van der Waals surface area contributed by atoms with Crippen LogP contribution in [-0.2, 0) is 67.0 Å². The van der Waals surface area contributed by atoms with Gasteiger partial charge < -0.3 is 40.7 Å². The van der Waals surface area contributed by atoms with Crippen LogP contribution in [0.1, 0.15) is 159 Å². The first-order valence-corrected chi connectivity index (χ1v) is 25.8. The zero-order valence-corrected chi connectivity index (χ0v) is 45.1. The van der Waals surface area contributed by atoms with Crippen molar-refractivity contribution in [2.45, 2.75) is 189 Å². The quantitative estimate of drug-likeness (QED) is 0.0443. The summed E-state index contributed by atoms with van der Waals surface area (Å²) in [5.74, 6) is -9.14. The fraction of sp³-hybridized carbons (Fsp3) is 0.736. The Labute approximate surface area is 431 Å². The third kappa shape index (κ3) is 24.3. The first-order chi connectivity index (χ1) is 34.3. The summed E-state index contributed by atoms with van der Waals surface area (Å²) in [6.45, 7) is 15.4. The number of ketones is 5. The van der Waals surface area contributed by atoms with E-state index in [0.29, 0.717) is 25.7 Å². The number of carbonyl (C=O) groups excluding carboxylic acids is 12. The second kappa shape index (κ2) is 33.9. The molecular formula is C53H85N5O15. The fourth-order valence-electron chi connectivity index (χ4n) is 8.60. The highest BCUT2D eigenvalue weighted by Crippen LogP contribution is 2.24. The highest BCUT2D eigenvalue weighted by atomic mass is 16.5. The summed E-state index contributed by atoms with van der Waals surface area (Å²) in [7, 11) is 2.40. The number of amides is 5. The Morgan fingerprint density at radius 2 is 1.27 bits per heavy atom. The van der Waals surface area contributed by atoms with Crippen molar-refractivity contribution in [2.24, 2.45) is 35.5 Å². The van der Waals surface area contributed by atoms with Gasteiger partial charge in [-0.2, -0.15) is 0 Å². The van der Waals surface area contributed by atoms with Crippen molar-refractivity contribution in [2.75, 3.05) is 27.4 Å². The lowest BCUT2D eigenvalue weighted by Crippen LogP contribution is -2.50. The molecule has 1 saturated heterocycles. The van der Waals surface area contributed by atoms with Crippen molar-refractivity contribution in [1.29, 1.82) is 0 Å². The second-order valence-corrected chi connectivity index (χ2v) is 20.4. The van der Waals surface area contributed by atoms with Gasteiger partial charge in [0, 0.05) is 70.4 Å². The van der Waals surface area contributed by atoms with Gasteiger partial charge in [-0.05, 0) is 62.2 Å². The molecule has 1 rings (SSSR count). The number of aliphatic hydroxyl groups excluding tert-OH is 1. The molecule has 0 aromatic carbocycles. The molecule has 0 spiro atoms. The monoisotopic (exact) mass is 1030 g/mol. The first kappa shape index (κ1) is 65.4. The molecule has 0 aromatic heterocycles. The van der Waals surface area contributed by atoms with E-state index in [9.17, 15) is 62.6 Å². The summed E-state index contributed by atoms with van der Waals surface area (Å²) in [6.07, 6.45) is 2.53. The largest absolute Gasteiger partial charge is 0.469 e. The Balaban J connectivity index is 3.17. The molecule has 0 radical (unpaired) electrons. The van der Waals surface area contributed by atoms with Crippen molar-refractivity contribution in [3.8, 4) is 0 Å². The van der Waals surface area contributed by atoms with Gasteiger partial charge in [-0.25, -0.2) is 4.79 Å². The Bertz CT molecular complexity index is 1950. The first-order valence-electron chi connectivity index (χ1n) is 25.8. The number of hydrogen-bond donors (Lipinski definition) is 5. The Morgan fingerprint density at radius 1 is 0.671 bits per heavy atom. The van der Waals surface area contributed by atoms with Crippen molar-refractivity contribution in [3.63, 3.8) is 0 Å². The Hall–Kier alpha value is -5.66. The van der Waals surface area contributed by atoms with Crippen LogP contribution in [-0.4, -0.2) is 138 Å². The predicted molar refractivity (Wildman–Crippen MR) is 270 cm³/mol. The minimum atomic E-state index is -1.37. The number of methoxy groups -OCH3 is 2. The molecular weight excluding hydrogens is 947 g/mol. The molecule has 5 amide bonds. The van der Waals surface area contributed by atoms with E-state index in [-0.39, 0.29) is 118 Å². The standard InChI is InChI=1S/C53H85N5O15/c1-12-34(8)51(44(63)21-24-50(69)73-11)57-53(71)37(33(6)7)29-46(65)40(27-32(4)5)56-52(70)36(30-59)28-45(64)38(16-13-14-18-49(68)72-10)55-47(66)22-19-43(62)41-17-15-25-58(41)48(67)23-20-42(61)39(26-31(2)3)54-35(9)60/h14,18,31-34,36-41,51,59H,12-13,15-17,19-30H2,1-11H3,(H,54,60)(H,55,66)(H,56,70)(H,57,71)/b18-14+/t34?,36-,37-,38-,39-,40-,41-,51-/m0/s1. The number of nitrogens with one attached hydrogen (secondary N) is 4. The molecule has 0 saturated carbocycles. The molecule has 8 atom stereocenters. The molecule has 73 heavy (non-hydrogen) atoms. The number of hydrogen-bond acceptors (Lipinski definition) is 15. The summed E-state index contributed by atoms with van der Waals surface area (Å²) in [5, 5.41) is 21.2. The van der Waals surface area contributed by atoms with Gasteiger partial charge in [0.05, 0.1) is 63.4 Å². The van der Waals surface area contributed by atoms with Crippen LogP contribution in [0.3, 0.4) is 0 Å². The van der Waals surface area contributed by atoms with Gasteiger partial charge in [-0.3, -0.25) is 52.7 Å². The van der Waals surface area contributed by atoms with E-state index >= 15 is 0 Å².